The molecule has 0 unspecified atom stereocenters. The van der Waals surface area contributed by atoms with Crippen molar-refractivity contribution in [1.82, 2.24) is 0 Å². The molecule has 0 aliphatic heterocycles. The Morgan fingerprint density at radius 3 is 1.58 bits per heavy atom. The molecule has 0 aromatic heterocycles. The Kier molecular flexibility index (Phi) is 4.79. The maximum atomic E-state index is 2.39. The zero-order chi connectivity index (χ0) is 8.81. The fourth-order valence-corrected chi connectivity index (χ4v) is 2.33. The molecule has 1 heteroatoms. The molecule has 0 spiro atoms. The summed E-state index contributed by atoms with van der Waals surface area (Å²) in [5, 5.41) is 0. The molecular weight excluding hydrogens is 143 g/mol. The van der Waals surface area contributed by atoms with E-state index in [0.717, 1.165) is 12.5 Å². The van der Waals surface area contributed by atoms with Gasteiger partial charge >= 0.3 is 0 Å². The van der Waals surface area contributed by atoms with Gasteiger partial charge < -0.3 is 0 Å². The van der Waals surface area contributed by atoms with Crippen molar-refractivity contribution >= 4 is 6.71 Å². The number of hydrogen-bond acceptors (Lipinski definition) is 0. The summed E-state index contributed by atoms with van der Waals surface area (Å²) in [5.41, 5.74) is 0. The average molecular weight is 166 g/mol. The molecule has 0 atom stereocenters. The summed E-state index contributed by atoms with van der Waals surface area (Å²) < 4.78 is 0. The summed E-state index contributed by atoms with van der Waals surface area (Å²) in [5.74, 6) is 1.03. The zero-order valence-electron chi connectivity index (χ0n) is 8.81. The van der Waals surface area contributed by atoms with Crippen LogP contribution in [0.15, 0.2) is 0 Å². The second-order valence-corrected chi connectivity index (χ2v) is 4.70. The highest BCUT2D eigenvalue weighted by molar-refractivity contribution is 6.57. The molecule has 1 aliphatic carbocycles. The maximum absolute atomic E-state index is 2.39. The minimum Gasteiger partial charge on any atom is -0.0861 e. The molecule has 0 aromatic carbocycles. The molecule has 0 amide bonds. The predicted molar refractivity (Wildman–Crippen MR) is 58.2 cm³/mol. The normalized spacial score (nSPS) is 22.5. The summed E-state index contributed by atoms with van der Waals surface area (Å²) >= 11 is 0. The predicted octanol–water partition coefficient (Wildman–Crippen LogP) is 4.25. The van der Waals surface area contributed by atoms with E-state index >= 15 is 0 Å². The SMILES string of the molecule is CB(C)C1CCCCCCCC1. The van der Waals surface area contributed by atoms with Gasteiger partial charge in [0.1, 0.15) is 6.71 Å². The first-order valence-corrected chi connectivity index (χ1v) is 5.80. The van der Waals surface area contributed by atoms with Crippen molar-refractivity contribution in [2.45, 2.75) is 70.8 Å². The van der Waals surface area contributed by atoms with Gasteiger partial charge in [0.2, 0.25) is 0 Å². The van der Waals surface area contributed by atoms with Crippen LogP contribution >= 0.6 is 0 Å². The van der Waals surface area contributed by atoms with Gasteiger partial charge in [0, 0.05) is 0 Å². The van der Waals surface area contributed by atoms with Gasteiger partial charge in [0.05, 0.1) is 0 Å². The van der Waals surface area contributed by atoms with Crippen LogP contribution < -0.4 is 0 Å². The summed E-state index contributed by atoms with van der Waals surface area (Å²) in [6, 6.07) is 0. The van der Waals surface area contributed by atoms with Gasteiger partial charge in [-0.2, -0.15) is 0 Å². The van der Waals surface area contributed by atoms with Crippen molar-refractivity contribution in [2.24, 2.45) is 0 Å². The van der Waals surface area contributed by atoms with Crippen LogP contribution in [0.3, 0.4) is 0 Å². The van der Waals surface area contributed by atoms with Gasteiger partial charge in [-0.15, -0.1) is 0 Å². The van der Waals surface area contributed by atoms with Crippen LogP contribution in [0.2, 0.25) is 19.5 Å². The van der Waals surface area contributed by atoms with Crippen molar-refractivity contribution in [3.63, 3.8) is 0 Å². The van der Waals surface area contributed by atoms with Crippen LogP contribution in [0.4, 0.5) is 0 Å². The first-order chi connectivity index (χ1) is 5.80. The second kappa shape index (κ2) is 5.67. The Morgan fingerprint density at radius 2 is 1.17 bits per heavy atom. The van der Waals surface area contributed by atoms with Crippen LogP contribution in [-0.2, 0) is 0 Å². The van der Waals surface area contributed by atoms with Gasteiger partial charge in [-0.3, -0.25) is 0 Å². The van der Waals surface area contributed by atoms with Crippen LogP contribution in [-0.4, -0.2) is 6.71 Å². The molecule has 0 aromatic rings. The highest BCUT2D eigenvalue weighted by atomic mass is 14.1. The van der Waals surface area contributed by atoms with Gasteiger partial charge in [0.25, 0.3) is 0 Å². The third kappa shape index (κ3) is 3.64. The number of rotatable bonds is 1. The third-order valence-corrected chi connectivity index (χ3v) is 3.34. The van der Waals surface area contributed by atoms with E-state index in [1.54, 1.807) is 0 Å². The Hall–Kier alpha value is 0.0649. The lowest BCUT2D eigenvalue weighted by molar-refractivity contribution is 0.613. The first-order valence-electron chi connectivity index (χ1n) is 5.80. The first kappa shape index (κ1) is 10.1. The Morgan fingerprint density at radius 1 is 0.750 bits per heavy atom. The molecule has 0 nitrogen and oxygen atoms in total. The van der Waals surface area contributed by atoms with Crippen molar-refractivity contribution in [1.29, 1.82) is 0 Å². The van der Waals surface area contributed by atoms with Crippen LogP contribution in [0.25, 0.3) is 0 Å². The van der Waals surface area contributed by atoms with E-state index < -0.39 is 0 Å². The molecule has 0 saturated heterocycles. The Labute approximate surface area is 78.2 Å². The number of hydrogen-bond donors (Lipinski definition) is 0. The van der Waals surface area contributed by atoms with Gasteiger partial charge in [-0.1, -0.05) is 70.8 Å². The minimum atomic E-state index is 0.920. The minimum absolute atomic E-state index is 0.920. The van der Waals surface area contributed by atoms with Gasteiger partial charge in [-0.05, 0) is 0 Å². The molecule has 1 rings (SSSR count). The van der Waals surface area contributed by atoms with Gasteiger partial charge in [-0.25, -0.2) is 0 Å². The van der Waals surface area contributed by atoms with E-state index in [0.29, 0.717) is 0 Å². The quantitative estimate of drug-likeness (QED) is 0.511. The molecule has 0 radical (unpaired) electrons. The van der Waals surface area contributed by atoms with Crippen molar-refractivity contribution in [3.05, 3.63) is 0 Å². The maximum Gasteiger partial charge on any atom is 0.136 e. The summed E-state index contributed by atoms with van der Waals surface area (Å²) in [7, 11) is 0. The topological polar surface area (TPSA) is 0 Å². The molecular formula is C11H23B. The fraction of sp³-hybridized carbons (Fsp3) is 1.00. The average Bonchev–Trinajstić information content (AvgIpc) is 2.15. The fourth-order valence-electron chi connectivity index (χ4n) is 2.33. The van der Waals surface area contributed by atoms with Gasteiger partial charge in [0.15, 0.2) is 0 Å². The van der Waals surface area contributed by atoms with Crippen LogP contribution in [0, 0.1) is 0 Å². The highest BCUT2D eigenvalue weighted by Crippen LogP contribution is 2.28. The van der Waals surface area contributed by atoms with E-state index in [9.17, 15) is 0 Å². The summed E-state index contributed by atoms with van der Waals surface area (Å²) in [6.45, 7) is 5.70. The molecule has 0 heterocycles. The zero-order valence-corrected chi connectivity index (χ0v) is 8.81. The summed E-state index contributed by atoms with van der Waals surface area (Å²) in [6.07, 6.45) is 11.9. The van der Waals surface area contributed by atoms with E-state index in [-0.39, 0.29) is 0 Å². The van der Waals surface area contributed by atoms with E-state index in [1.807, 2.05) is 0 Å². The van der Waals surface area contributed by atoms with Crippen molar-refractivity contribution < 1.29 is 0 Å². The summed E-state index contributed by atoms with van der Waals surface area (Å²) in [4.78, 5) is 0. The lowest BCUT2D eigenvalue weighted by atomic mass is 9.43. The standard InChI is InChI=1S/C11H23B/c1-12(2)11-9-7-5-3-4-6-8-10-11/h11H,3-10H2,1-2H3. The molecule has 1 saturated carbocycles. The molecule has 1 fully saturated rings. The van der Waals surface area contributed by atoms with E-state index in [1.165, 1.54) is 51.4 Å². The van der Waals surface area contributed by atoms with Crippen molar-refractivity contribution in [3.8, 4) is 0 Å². The smallest absolute Gasteiger partial charge is 0.0861 e. The molecule has 0 N–H and O–H groups in total. The van der Waals surface area contributed by atoms with E-state index in [4.69, 9.17) is 0 Å². The largest absolute Gasteiger partial charge is 0.136 e. The lowest BCUT2D eigenvalue weighted by Gasteiger charge is -2.17. The monoisotopic (exact) mass is 166 g/mol. The van der Waals surface area contributed by atoms with E-state index in [2.05, 4.69) is 13.6 Å². The highest BCUT2D eigenvalue weighted by Gasteiger charge is 2.15. The van der Waals surface area contributed by atoms with Crippen LogP contribution in [0.5, 0.6) is 0 Å². The Bertz CT molecular complexity index is 99.6. The third-order valence-electron chi connectivity index (χ3n) is 3.34. The molecule has 70 valence electrons. The Balaban J connectivity index is 2.28. The second-order valence-electron chi connectivity index (χ2n) is 4.70. The molecule has 12 heavy (non-hydrogen) atoms. The molecule has 0 bridgehead atoms. The lowest BCUT2D eigenvalue weighted by Crippen LogP contribution is -2.11. The molecule has 1 aliphatic rings. The van der Waals surface area contributed by atoms with Crippen molar-refractivity contribution in [2.75, 3.05) is 0 Å². The van der Waals surface area contributed by atoms with Crippen LogP contribution in [0.1, 0.15) is 51.4 Å².